The Morgan fingerprint density at radius 2 is 1.58 bits per heavy atom. The number of fused-ring (bicyclic) bond motifs is 1. The molecule has 154 valence electrons. The second-order valence-corrected chi connectivity index (χ2v) is 7.95. The molecule has 0 nitrogen and oxygen atoms in total. The van der Waals surface area contributed by atoms with Crippen molar-refractivity contribution in [2.75, 3.05) is 0 Å². The molecular formula is C28H21ClF2. The van der Waals surface area contributed by atoms with Gasteiger partial charge in [0.15, 0.2) is 0 Å². The zero-order valence-corrected chi connectivity index (χ0v) is 17.9. The third-order valence-electron chi connectivity index (χ3n) is 5.32. The number of unbranched alkanes of at least 4 members (excludes halogenated alkanes) is 1. The lowest BCUT2D eigenvalue weighted by Gasteiger charge is -2.07. The maximum Gasteiger partial charge on any atom is 0.146 e. The van der Waals surface area contributed by atoms with Crippen LogP contribution in [0, 0.1) is 23.5 Å². The first-order valence-corrected chi connectivity index (χ1v) is 10.7. The molecule has 0 aliphatic carbocycles. The summed E-state index contributed by atoms with van der Waals surface area (Å²) in [5.74, 6) is 4.69. The Kier molecular flexibility index (Phi) is 6.35. The van der Waals surface area contributed by atoms with Crippen molar-refractivity contribution < 1.29 is 8.78 Å². The number of aryl methyl sites for hydroxylation is 1. The lowest BCUT2D eigenvalue weighted by atomic mass is 9.98. The molecule has 0 radical (unpaired) electrons. The van der Waals surface area contributed by atoms with Crippen molar-refractivity contribution in [2.24, 2.45) is 0 Å². The van der Waals surface area contributed by atoms with E-state index in [4.69, 9.17) is 11.6 Å². The van der Waals surface area contributed by atoms with Gasteiger partial charge in [0.1, 0.15) is 11.6 Å². The topological polar surface area (TPSA) is 0 Å². The molecular weight excluding hydrogens is 410 g/mol. The van der Waals surface area contributed by atoms with Crippen molar-refractivity contribution >= 4 is 22.4 Å². The summed E-state index contributed by atoms with van der Waals surface area (Å²) in [6, 6.07) is 22.1. The molecule has 0 unspecified atom stereocenters. The van der Waals surface area contributed by atoms with Crippen molar-refractivity contribution in [1.82, 2.24) is 0 Å². The molecule has 4 aromatic carbocycles. The lowest BCUT2D eigenvalue weighted by Crippen LogP contribution is -1.89. The quantitative estimate of drug-likeness (QED) is 0.286. The highest BCUT2D eigenvalue weighted by Crippen LogP contribution is 2.28. The van der Waals surface area contributed by atoms with E-state index in [-0.39, 0.29) is 16.4 Å². The zero-order valence-electron chi connectivity index (χ0n) is 17.2. The Hall–Kier alpha value is -3.15. The van der Waals surface area contributed by atoms with Crippen LogP contribution in [0.2, 0.25) is 5.02 Å². The first-order chi connectivity index (χ1) is 15.0. The monoisotopic (exact) mass is 430 g/mol. The van der Waals surface area contributed by atoms with Crippen molar-refractivity contribution in [2.45, 2.75) is 26.2 Å². The van der Waals surface area contributed by atoms with Gasteiger partial charge in [-0.25, -0.2) is 8.78 Å². The second kappa shape index (κ2) is 9.33. The van der Waals surface area contributed by atoms with Crippen LogP contribution in [0.25, 0.3) is 21.9 Å². The van der Waals surface area contributed by atoms with Crippen LogP contribution in [0.3, 0.4) is 0 Å². The summed E-state index contributed by atoms with van der Waals surface area (Å²) in [5.41, 5.74) is 4.21. The highest BCUT2D eigenvalue weighted by atomic mass is 35.5. The van der Waals surface area contributed by atoms with E-state index in [1.165, 1.54) is 30.5 Å². The minimum absolute atomic E-state index is 0.0360. The third-order valence-corrected chi connectivity index (χ3v) is 5.63. The SMILES string of the molecule is CCCCc1ccc(-c2ccc3c(F)c(C#Cc4ccc(Cl)c(F)c4)ccc3c2)cc1. The van der Waals surface area contributed by atoms with Crippen LogP contribution in [0.4, 0.5) is 8.78 Å². The van der Waals surface area contributed by atoms with Gasteiger partial charge in [0.2, 0.25) is 0 Å². The van der Waals surface area contributed by atoms with E-state index >= 15 is 4.39 Å². The molecule has 0 N–H and O–H groups in total. The smallest absolute Gasteiger partial charge is 0.146 e. The van der Waals surface area contributed by atoms with E-state index in [0.717, 1.165) is 22.9 Å². The van der Waals surface area contributed by atoms with Crippen LogP contribution in [0.15, 0.2) is 72.8 Å². The summed E-state index contributed by atoms with van der Waals surface area (Å²) in [6.45, 7) is 2.19. The summed E-state index contributed by atoms with van der Waals surface area (Å²) in [6.07, 6.45) is 3.46. The van der Waals surface area contributed by atoms with Crippen molar-refractivity contribution in [3.05, 3.63) is 106 Å². The molecule has 0 atom stereocenters. The molecule has 0 saturated heterocycles. The Labute approximate surface area is 186 Å². The van der Waals surface area contributed by atoms with Crippen LogP contribution >= 0.6 is 11.6 Å². The fourth-order valence-electron chi connectivity index (χ4n) is 3.53. The van der Waals surface area contributed by atoms with Crippen LogP contribution in [0.5, 0.6) is 0 Å². The van der Waals surface area contributed by atoms with Crippen LogP contribution in [-0.2, 0) is 6.42 Å². The molecule has 3 heteroatoms. The predicted octanol–water partition coefficient (Wildman–Crippen LogP) is 8.18. The van der Waals surface area contributed by atoms with Gasteiger partial charge in [-0.1, -0.05) is 79.3 Å². The zero-order chi connectivity index (χ0) is 21.8. The summed E-state index contributed by atoms with van der Waals surface area (Å²) >= 11 is 5.69. The number of hydrogen-bond acceptors (Lipinski definition) is 0. The minimum Gasteiger partial charge on any atom is -0.205 e. The van der Waals surface area contributed by atoms with Crippen molar-refractivity contribution in [3.8, 4) is 23.0 Å². The van der Waals surface area contributed by atoms with Gasteiger partial charge in [0.25, 0.3) is 0 Å². The standard InChI is InChI=1S/C28H21ClF2/c1-2-3-4-19-5-9-21(10-6-19)23-14-15-25-24(18-23)13-12-22(28(25)31)11-7-20-8-16-26(29)27(30)17-20/h5-6,8-10,12-18H,2-4H2,1H3. The van der Waals surface area contributed by atoms with E-state index in [2.05, 4.69) is 43.0 Å². The molecule has 0 bridgehead atoms. The van der Waals surface area contributed by atoms with E-state index < -0.39 is 5.82 Å². The van der Waals surface area contributed by atoms with E-state index in [9.17, 15) is 4.39 Å². The van der Waals surface area contributed by atoms with E-state index in [1.807, 2.05) is 18.2 Å². The van der Waals surface area contributed by atoms with Crippen molar-refractivity contribution in [1.29, 1.82) is 0 Å². The van der Waals surface area contributed by atoms with Gasteiger partial charge in [0.05, 0.1) is 10.6 Å². The van der Waals surface area contributed by atoms with Gasteiger partial charge < -0.3 is 0 Å². The molecule has 0 fully saturated rings. The average Bonchev–Trinajstić information content (AvgIpc) is 2.79. The Balaban J connectivity index is 1.62. The van der Waals surface area contributed by atoms with Gasteiger partial charge in [-0.3, -0.25) is 0 Å². The molecule has 0 amide bonds. The normalized spacial score (nSPS) is 10.7. The maximum atomic E-state index is 15.0. The maximum absolute atomic E-state index is 15.0. The van der Waals surface area contributed by atoms with Crippen LogP contribution in [-0.4, -0.2) is 0 Å². The molecule has 31 heavy (non-hydrogen) atoms. The number of rotatable bonds is 4. The summed E-state index contributed by atoms with van der Waals surface area (Å²) in [4.78, 5) is 0. The highest BCUT2D eigenvalue weighted by Gasteiger charge is 2.08. The average molecular weight is 431 g/mol. The fourth-order valence-corrected chi connectivity index (χ4v) is 3.64. The summed E-state index contributed by atoms with van der Waals surface area (Å²) in [5, 5.41) is 1.36. The van der Waals surface area contributed by atoms with Gasteiger partial charge in [0, 0.05) is 10.9 Å². The third kappa shape index (κ3) is 4.79. The molecule has 4 rings (SSSR count). The molecule has 0 aromatic heterocycles. The molecule has 0 aliphatic heterocycles. The highest BCUT2D eigenvalue weighted by molar-refractivity contribution is 6.30. The van der Waals surface area contributed by atoms with E-state index in [0.29, 0.717) is 10.9 Å². The largest absolute Gasteiger partial charge is 0.205 e. The Bertz CT molecular complexity index is 1290. The minimum atomic E-state index is -0.543. The van der Waals surface area contributed by atoms with Crippen molar-refractivity contribution in [3.63, 3.8) is 0 Å². The number of hydrogen-bond donors (Lipinski definition) is 0. The number of benzene rings is 4. The second-order valence-electron chi connectivity index (χ2n) is 7.54. The first kappa shape index (κ1) is 21.1. The van der Waals surface area contributed by atoms with E-state index in [1.54, 1.807) is 18.2 Å². The molecule has 0 saturated carbocycles. The van der Waals surface area contributed by atoms with Gasteiger partial charge in [-0.05, 0) is 65.3 Å². The lowest BCUT2D eigenvalue weighted by molar-refractivity contribution is 0.628. The molecule has 4 aromatic rings. The van der Waals surface area contributed by atoms with Gasteiger partial charge >= 0.3 is 0 Å². The first-order valence-electron chi connectivity index (χ1n) is 10.3. The molecule has 0 aliphatic rings. The Morgan fingerprint density at radius 3 is 2.32 bits per heavy atom. The molecule has 0 heterocycles. The summed E-state index contributed by atoms with van der Waals surface area (Å²) < 4.78 is 28.6. The van der Waals surface area contributed by atoms with Crippen LogP contribution < -0.4 is 0 Å². The predicted molar refractivity (Wildman–Crippen MR) is 125 cm³/mol. The molecule has 0 spiro atoms. The summed E-state index contributed by atoms with van der Waals surface area (Å²) in [7, 11) is 0. The Morgan fingerprint density at radius 1 is 0.806 bits per heavy atom. The van der Waals surface area contributed by atoms with Crippen LogP contribution in [0.1, 0.15) is 36.5 Å². The fraction of sp³-hybridized carbons (Fsp3) is 0.143. The van der Waals surface area contributed by atoms with Gasteiger partial charge in [-0.2, -0.15) is 0 Å². The number of halogens is 3. The van der Waals surface area contributed by atoms with Gasteiger partial charge in [-0.15, -0.1) is 0 Å².